The van der Waals surface area contributed by atoms with Gasteiger partial charge >= 0.3 is 0 Å². The lowest BCUT2D eigenvalue weighted by atomic mass is 10.2. The van der Waals surface area contributed by atoms with Crippen molar-refractivity contribution in [1.82, 2.24) is 0 Å². The molecule has 0 amide bonds. The molecule has 20 heavy (non-hydrogen) atoms. The second-order valence-corrected chi connectivity index (χ2v) is 5.16. The van der Waals surface area contributed by atoms with Crippen molar-refractivity contribution in [1.29, 1.82) is 0 Å². The minimum Gasteiger partial charge on any atom is -0.550 e. The Morgan fingerprint density at radius 1 is 1.30 bits per heavy atom. The van der Waals surface area contributed by atoms with Gasteiger partial charge < -0.3 is 24.4 Å². The first-order valence-corrected chi connectivity index (χ1v) is 7.11. The second-order valence-electron chi connectivity index (χ2n) is 5.16. The van der Waals surface area contributed by atoms with Crippen molar-refractivity contribution in [3.05, 3.63) is 24.3 Å². The van der Waals surface area contributed by atoms with Gasteiger partial charge in [0.1, 0.15) is 5.75 Å². The highest BCUT2D eigenvalue weighted by atomic mass is 16.5. The fraction of sp³-hybridized carbons (Fsp3) is 0.533. The summed E-state index contributed by atoms with van der Waals surface area (Å²) in [5.41, 5.74) is 1.22. The quantitative estimate of drug-likeness (QED) is 0.720. The number of carboxylic acid groups (broad SMARTS) is 1. The molecule has 1 N–H and O–H groups in total. The SMILES string of the molecule is COc1ccc(N2CC[NH+](CCCC(=O)[O-])CC2)cc1. The van der Waals surface area contributed by atoms with Crippen molar-refractivity contribution in [2.24, 2.45) is 0 Å². The molecular weight excluding hydrogens is 256 g/mol. The first-order chi connectivity index (χ1) is 9.69. The Morgan fingerprint density at radius 2 is 1.95 bits per heavy atom. The number of rotatable bonds is 6. The van der Waals surface area contributed by atoms with Gasteiger partial charge in [0, 0.05) is 18.1 Å². The molecule has 5 heteroatoms. The topological polar surface area (TPSA) is 57.0 Å². The van der Waals surface area contributed by atoms with E-state index in [9.17, 15) is 9.90 Å². The highest BCUT2D eigenvalue weighted by Crippen LogP contribution is 2.18. The molecule has 0 saturated carbocycles. The van der Waals surface area contributed by atoms with E-state index >= 15 is 0 Å². The number of quaternary nitrogens is 1. The summed E-state index contributed by atoms with van der Waals surface area (Å²) in [7, 11) is 1.67. The smallest absolute Gasteiger partial charge is 0.119 e. The van der Waals surface area contributed by atoms with E-state index in [1.165, 1.54) is 10.6 Å². The van der Waals surface area contributed by atoms with Gasteiger partial charge in [0.05, 0.1) is 39.8 Å². The number of carbonyl (C=O) groups excluding carboxylic acids is 1. The highest BCUT2D eigenvalue weighted by molar-refractivity contribution is 5.64. The van der Waals surface area contributed by atoms with Gasteiger partial charge in [-0.2, -0.15) is 0 Å². The van der Waals surface area contributed by atoms with Crippen LogP contribution < -0.4 is 19.6 Å². The molecule has 0 spiro atoms. The summed E-state index contributed by atoms with van der Waals surface area (Å²) < 4.78 is 5.16. The third kappa shape index (κ3) is 4.13. The minimum absolute atomic E-state index is 0.172. The zero-order chi connectivity index (χ0) is 14.4. The molecule has 5 nitrogen and oxygen atoms in total. The predicted molar refractivity (Wildman–Crippen MR) is 75.0 cm³/mol. The van der Waals surface area contributed by atoms with E-state index in [1.54, 1.807) is 7.11 Å². The molecule has 1 fully saturated rings. The van der Waals surface area contributed by atoms with Crippen LogP contribution in [0.25, 0.3) is 0 Å². The van der Waals surface area contributed by atoms with Crippen LogP contribution in [0.1, 0.15) is 12.8 Å². The fourth-order valence-corrected chi connectivity index (χ4v) is 2.61. The first kappa shape index (κ1) is 14.7. The average Bonchev–Trinajstić information content (AvgIpc) is 2.48. The third-order valence-electron chi connectivity index (χ3n) is 3.82. The highest BCUT2D eigenvalue weighted by Gasteiger charge is 2.19. The molecule has 1 aromatic carbocycles. The molecule has 0 atom stereocenters. The number of hydrogen-bond acceptors (Lipinski definition) is 4. The summed E-state index contributed by atoms with van der Waals surface area (Å²) in [4.78, 5) is 14.2. The summed E-state index contributed by atoms with van der Waals surface area (Å²) >= 11 is 0. The lowest BCUT2D eigenvalue weighted by Crippen LogP contribution is -3.14. The molecule has 0 aromatic heterocycles. The molecule has 110 valence electrons. The van der Waals surface area contributed by atoms with Gasteiger partial charge in [-0.15, -0.1) is 0 Å². The molecule has 1 aliphatic heterocycles. The van der Waals surface area contributed by atoms with Crippen molar-refractivity contribution in [3.8, 4) is 5.75 Å². The van der Waals surface area contributed by atoms with E-state index < -0.39 is 5.97 Å². The number of aliphatic carboxylic acids is 1. The molecule has 2 rings (SSSR count). The molecule has 0 bridgehead atoms. The number of carboxylic acids is 1. The summed E-state index contributed by atoms with van der Waals surface area (Å²) in [6.07, 6.45) is 0.881. The zero-order valence-corrected chi connectivity index (χ0v) is 11.9. The molecule has 0 aliphatic carbocycles. The number of methoxy groups -OCH3 is 1. The molecular formula is C15H22N2O3. The average molecular weight is 278 g/mol. The van der Waals surface area contributed by atoms with Crippen LogP contribution in [0, 0.1) is 0 Å². The Morgan fingerprint density at radius 3 is 2.50 bits per heavy atom. The van der Waals surface area contributed by atoms with Crippen LogP contribution >= 0.6 is 0 Å². The van der Waals surface area contributed by atoms with E-state index in [-0.39, 0.29) is 6.42 Å². The van der Waals surface area contributed by atoms with Crippen molar-refractivity contribution in [2.75, 3.05) is 44.7 Å². The Balaban J connectivity index is 1.77. The maximum atomic E-state index is 10.4. The molecule has 1 saturated heterocycles. The van der Waals surface area contributed by atoms with Gasteiger partial charge in [-0.3, -0.25) is 0 Å². The normalized spacial score (nSPS) is 16.1. The van der Waals surface area contributed by atoms with E-state index in [1.807, 2.05) is 12.1 Å². The molecule has 0 radical (unpaired) electrons. The van der Waals surface area contributed by atoms with Gasteiger partial charge in [-0.1, -0.05) is 0 Å². The lowest BCUT2D eigenvalue weighted by Gasteiger charge is -2.33. The minimum atomic E-state index is -0.943. The number of nitrogens with one attached hydrogen (secondary N) is 1. The third-order valence-corrected chi connectivity index (χ3v) is 3.82. The maximum Gasteiger partial charge on any atom is 0.119 e. The Hall–Kier alpha value is -1.75. The largest absolute Gasteiger partial charge is 0.550 e. The van der Waals surface area contributed by atoms with E-state index in [4.69, 9.17) is 4.74 Å². The van der Waals surface area contributed by atoms with Gasteiger partial charge in [-0.05, 0) is 30.7 Å². The first-order valence-electron chi connectivity index (χ1n) is 7.11. The zero-order valence-electron chi connectivity index (χ0n) is 11.9. The molecule has 1 heterocycles. The van der Waals surface area contributed by atoms with Crippen LogP contribution in [0.15, 0.2) is 24.3 Å². The number of piperazine rings is 1. The van der Waals surface area contributed by atoms with Crippen molar-refractivity contribution in [3.63, 3.8) is 0 Å². The van der Waals surface area contributed by atoms with Crippen molar-refractivity contribution < 1.29 is 19.5 Å². The summed E-state index contributed by atoms with van der Waals surface area (Å²) in [5, 5.41) is 10.4. The van der Waals surface area contributed by atoms with Crippen LogP contribution in [0.2, 0.25) is 0 Å². The van der Waals surface area contributed by atoms with Gasteiger partial charge in [0.15, 0.2) is 0 Å². The van der Waals surface area contributed by atoms with E-state index in [0.717, 1.165) is 38.5 Å². The Bertz CT molecular complexity index is 425. The number of carbonyl (C=O) groups is 1. The molecule has 0 unspecified atom stereocenters. The lowest BCUT2D eigenvalue weighted by molar-refractivity contribution is -0.900. The summed E-state index contributed by atoms with van der Waals surface area (Å²) in [6.45, 7) is 5.04. The van der Waals surface area contributed by atoms with Crippen molar-refractivity contribution >= 4 is 11.7 Å². The van der Waals surface area contributed by atoms with Gasteiger partial charge in [0.2, 0.25) is 0 Å². The van der Waals surface area contributed by atoms with Gasteiger partial charge in [0.25, 0.3) is 0 Å². The van der Waals surface area contributed by atoms with Crippen LogP contribution in [0.4, 0.5) is 5.69 Å². The van der Waals surface area contributed by atoms with E-state index in [0.29, 0.717) is 6.42 Å². The number of hydrogen-bond donors (Lipinski definition) is 1. The summed E-state index contributed by atoms with van der Waals surface area (Å²) in [5.74, 6) is -0.0680. The van der Waals surface area contributed by atoms with Crippen LogP contribution in [0.3, 0.4) is 0 Å². The second kappa shape index (κ2) is 7.14. The molecule has 1 aromatic rings. The van der Waals surface area contributed by atoms with Crippen LogP contribution in [0.5, 0.6) is 5.75 Å². The number of anilines is 1. The Kier molecular flexibility index (Phi) is 5.24. The summed E-state index contributed by atoms with van der Waals surface area (Å²) in [6, 6.07) is 8.13. The maximum absolute atomic E-state index is 10.4. The number of nitrogens with zero attached hydrogens (tertiary/aromatic N) is 1. The number of ether oxygens (including phenoxy) is 1. The number of benzene rings is 1. The Labute approximate surface area is 119 Å². The van der Waals surface area contributed by atoms with Gasteiger partial charge in [-0.25, -0.2) is 0 Å². The van der Waals surface area contributed by atoms with E-state index in [2.05, 4.69) is 17.0 Å². The molecule has 1 aliphatic rings. The van der Waals surface area contributed by atoms with Crippen LogP contribution in [-0.4, -0.2) is 45.8 Å². The van der Waals surface area contributed by atoms with Crippen LogP contribution in [-0.2, 0) is 4.79 Å². The monoisotopic (exact) mass is 278 g/mol. The fourth-order valence-electron chi connectivity index (χ4n) is 2.61. The predicted octanol–water partition coefficient (Wildman–Crippen LogP) is -1.07. The van der Waals surface area contributed by atoms with Crippen molar-refractivity contribution in [2.45, 2.75) is 12.8 Å². The standard InChI is InChI=1S/C15H22N2O3/c1-20-14-6-4-13(5-7-14)17-11-9-16(10-12-17)8-2-3-15(18)19/h4-7H,2-3,8-12H2,1H3,(H,18,19).